The number of carbonyl (C=O) groups excluding carboxylic acids is 3. The van der Waals surface area contributed by atoms with Crippen LogP contribution in [-0.2, 0) is 29.0 Å². The van der Waals surface area contributed by atoms with Crippen molar-refractivity contribution in [3.05, 3.63) is 0 Å². The molecule has 0 spiro atoms. The number of thioether (sulfide) groups is 1. The van der Waals surface area contributed by atoms with E-state index in [9.17, 15) is 22.8 Å². The van der Waals surface area contributed by atoms with Gasteiger partial charge in [0, 0.05) is 18.2 Å². The highest BCUT2D eigenvalue weighted by Crippen LogP contribution is 2.47. The molecular formula is C14H20N2O6S2. The minimum Gasteiger partial charge on any atom is -0.454 e. The number of sulfone groups is 1. The topological polar surface area (TPSA) is 110 Å². The summed E-state index contributed by atoms with van der Waals surface area (Å²) in [5, 5.41) is 2.56. The summed E-state index contributed by atoms with van der Waals surface area (Å²) in [6, 6.07) is -1.08. The van der Waals surface area contributed by atoms with E-state index in [-0.39, 0.29) is 22.3 Å². The summed E-state index contributed by atoms with van der Waals surface area (Å²) in [6.07, 6.45) is 1.50. The first kappa shape index (κ1) is 17.5. The van der Waals surface area contributed by atoms with E-state index in [2.05, 4.69) is 5.32 Å². The first-order valence-corrected chi connectivity index (χ1v) is 10.6. The fraction of sp³-hybridized carbons (Fsp3) is 0.786. The van der Waals surface area contributed by atoms with Gasteiger partial charge in [-0.1, -0.05) is 0 Å². The van der Waals surface area contributed by atoms with Gasteiger partial charge in [0.1, 0.15) is 6.04 Å². The number of carbonyl (C=O) groups is 3. The molecule has 0 aliphatic carbocycles. The number of hydrogen-bond acceptors (Lipinski definition) is 7. The third kappa shape index (κ3) is 3.39. The Morgan fingerprint density at radius 1 is 1.46 bits per heavy atom. The Morgan fingerprint density at radius 2 is 2.21 bits per heavy atom. The molecule has 10 heteroatoms. The fourth-order valence-corrected chi connectivity index (χ4v) is 6.50. The summed E-state index contributed by atoms with van der Waals surface area (Å²) >= 11 is 1.55. The van der Waals surface area contributed by atoms with Crippen molar-refractivity contribution in [2.45, 2.75) is 43.1 Å². The smallest absolute Gasteiger partial charge is 0.330 e. The second-order valence-electron chi connectivity index (χ2n) is 6.54. The number of ether oxygens (including phenoxy) is 1. The van der Waals surface area contributed by atoms with E-state index in [1.807, 2.05) is 6.92 Å². The lowest BCUT2D eigenvalue weighted by molar-refractivity contribution is -0.156. The number of nitrogens with one attached hydrogen (secondary N) is 1. The van der Waals surface area contributed by atoms with E-state index in [4.69, 9.17) is 4.74 Å². The average molecular weight is 376 g/mol. The van der Waals surface area contributed by atoms with Crippen molar-refractivity contribution >= 4 is 39.4 Å². The molecule has 3 aliphatic heterocycles. The zero-order valence-corrected chi connectivity index (χ0v) is 15.0. The number of nitrogens with zero attached hydrogens (tertiary/aromatic N) is 1. The van der Waals surface area contributed by atoms with Crippen LogP contribution in [0.25, 0.3) is 0 Å². The third-order valence-electron chi connectivity index (χ3n) is 4.66. The molecule has 3 fully saturated rings. The van der Waals surface area contributed by atoms with Crippen molar-refractivity contribution in [1.29, 1.82) is 0 Å². The maximum atomic E-state index is 12.2. The molecule has 0 bridgehead atoms. The molecule has 24 heavy (non-hydrogen) atoms. The molecule has 0 radical (unpaired) electrons. The van der Waals surface area contributed by atoms with E-state index >= 15 is 0 Å². The van der Waals surface area contributed by atoms with E-state index in [1.165, 1.54) is 0 Å². The van der Waals surface area contributed by atoms with Crippen molar-refractivity contribution in [1.82, 2.24) is 10.2 Å². The van der Waals surface area contributed by atoms with Crippen LogP contribution in [0.15, 0.2) is 0 Å². The molecule has 134 valence electrons. The molecular weight excluding hydrogens is 356 g/mol. The van der Waals surface area contributed by atoms with Crippen molar-refractivity contribution in [2.75, 3.05) is 23.9 Å². The summed E-state index contributed by atoms with van der Waals surface area (Å²) in [7, 11) is -3.08. The fourth-order valence-electron chi connectivity index (χ4n) is 3.41. The van der Waals surface area contributed by atoms with Crippen molar-refractivity contribution in [3.63, 3.8) is 0 Å². The first-order valence-electron chi connectivity index (χ1n) is 7.83. The number of amides is 2. The Hall–Kier alpha value is -1.29. The predicted molar refractivity (Wildman–Crippen MR) is 86.9 cm³/mol. The van der Waals surface area contributed by atoms with Crippen LogP contribution in [0.5, 0.6) is 0 Å². The summed E-state index contributed by atoms with van der Waals surface area (Å²) in [6.45, 7) is 1.47. The Bertz CT molecular complexity index is 679. The van der Waals surface area contributed by atoms with Gasteiger partial charge in [-0.2, -0.15) is 0 Å². The molecule has 3 atom stereocenters. The minimum absolute atomic E-state index is 0.0622. The third-order valence-corrected chi connectivity index (χ3v) is 7.93. The highest BCUT2D eigenvalue weighted by Gasteiger charge is 2.53. The number of rotatable bonds is 4. The lowest BCUT2D eigenvalue weighted by atomic mass is 10.2. The van der Waals surface area contributed by atoms with Gasteiger partial charge in [-0.15, -0.1) is 11.8 Å². The Balaban J connectivity index is 1.49. The molecule has 3 rings (SSSR count). The van der Waals surface area contributed by atoms with Crippen LogP contribution in [0.2, 0.25) is 0 Å². The van der Waals surface area contributed by atoms with Gasteiger partial charge in [-0.05, 0) is 19.8 Å². The summed E-state index contributed by atoms with van der Waals surface area (Å²) in [5.41, 5.74) is 0. The van der Waals surface area contributed by atoms with E-state index in [0.29, 0.717) is 25.0 Å². The number of hydrogen-bond donors (Lipinski definition) is 1. The first-order chi connectivity index (χ1) is 11.2. The molecule has 0 saturated carbocycles. The zero-order chi connectivity index (χ0) is 17.5. The van der Waals surface area contributed by atoms with Crippen LogP contribution in [0.3, 0.4) is 0 Å². The lowest BCUT2D eigenvalue weighted by Gasteiger charge is -2.29. The molecule has 1 N–H and O–H groups in total. The average Bonchev–Trinajstić information content (AvgIpc) is 3.11. The van der Waals surface area contributed by atoms with Gasteiger partial charge in [-0.25, -0.2) is 13.2 Å². The summed E-state index contributed by atoms with van der Waals surface area (Å²) in [5.74, 6) is -0.727. The quantitative estimate of drug-likeness (QED) is 0.645. The Kier molecular flexibility index (Phi) is 4.54. The van der Waals surface area contributed by atoms with Crippen LogP contribution in [0.1, 0.15) is 26.2 Å². The summed E-state index contributed by atoms with van der Waals surface area (Å²) in [4.78, 5) is 37.2. The monoisotopic (exact) mass is 376 g/mol. The molecule has 0 aromatic rings. The lowest BCUT2D eigenvalue weighted by Crippen LogP contribution is -2.47. The SMILES string of the molecule is C[C@]12CCC(=O)N1[C@@H](C(=O)OCC(=O)N[C@@H]1CCS(=O)(=O)C1)CS2. The molecule has 3 heterocycles. The second kappa shape index (κ2) is 6.21. The molecule has 3 aliphatic rings. The Morgan fingerprint density at radius 3 is 2.88 bits per heavy atom. The molecule has 0 aromatic heterocycles. The highest BCUT2D eigenvalue weighted by molar-refractivity contribution is 8.01. The van der Waals surface area contributed by atoms with Gasteiger partial charge in [0.25, 0.3) is 5.91 Å². The molecule has 8 nitrogen and oxygen atoms in total. The van der Waals surface area contributed by atoms with Gasteiger partial charge in [0.05, 0.1) is 16.4 Å². The standard InChI is InChI=1S/C14H20N2O6S2/c1-14-4-2-12(18)16(14)10(7-23-14)13(19)22-6-11(17)15-9-3-5-24(20,21)8-9/h9-10H,2-8H2,1H3,(H,15,17)/t9-,10-,14+/m1/s1. The maximum Gasteiger partial charge on any atom is 0.330 e. The summed E-state index contributed by atoms with van der Waals surface area (Å²) < 4.78 is 27.7. The molecule has 3 saturated heterocycles. The minimum atomic E-state index is -3.08. The highest BCUT2D eigenvalue weighted by atomic mass is 32.2. The van der Waals surface area contributed by atoms with Crippen molar-refractivity contribution in [2.24, 2.45) is 0 Å². The van der Waals surface area contributed by atoms with Crippen LogP contribution in [0.4, 0.5) is 0 Å². The molecule has 0 unspecified atom stereocenters. The molecule has 2 amide bonds. The van der Waals surface area contributed by atoms with Gasteiger partial charge >= 0.3 is 5.97 Å². The maximum absolute atomic E-state index is 12.2. The number of esters is 1. The van der Waals surface area contributed by atoms with Crippen molar-refractivity contribution < 1.29 is 27.5 Å². The van der Waals surface area contributed by atoms with Crippen LogP contribution < -0.4 is 5.32 Å². The van der Waals surface area contributed by atoms with Crippen molar-refractivity contribution in [3.8, 4) is 0 Å². The van der Waals surface area contributed by atoms with Gasteiger partial charge < -0.3 is 15.0 Å². The Labute approximate surface area is 144 Å². The predicted octanol–water partition coefficient (Wildman–Crippen LogP) is -0.713. The van der Waals surface area contributed by atoms with Gasteiger partial charge in [0.15, 0.2) is 16.4 Å². The van der Waals surface area contributed by atoms with Gasteiger partial charge in [-0.3, -0.25) is 9.59 Å². The van der Waals surface area contributed by atoms with Gasteiger partial charge in [0.2, 0.25) is 5.91 Å². The van der Waals surface area contributed by atoms with Crippen LogP contribution in [-0.4, -0.2) is 71.9 Å². The second-order valence-corrected chi connectivity index (χ2v) is 10.3. The largest absolute Gasteiger partial charge is 0.454 e. The zero-order valence-electron chi connectivity index (χ0n) is 13.3. The van der Waals surface area contributed by atoms with E-state index in [1.54, 1.807) is 16.7 Å². The normalized spacial score (nSPS) is 34.2. The van der Waals surface area contributed by atoms with Crippen LogP contribution in [0, 0.1) is 0 Å². The van der Waals surface area contributed by atoms with E-state index < -0.39 is 40.4 Å². The van der Waals surface area contributed by atoms with E-state index in [0.717, 1.165) is 0 Å². The molecule has 0 aromatic carbocycles. The van der Waals surface area contributed by atoms with Crippen LogP contribution >= 0.6 is 11.8 Å². The number of fused-ring (bicyclic) bond motifs is 1.